The van der Waals surface area contributed by atoms with Crippen LogP contribution in [0.15, 0.2) is 85.1 Å². The summed E-state index contributed by atoms with van der Waals surface area (Å²) < 4.78 is 23.5. The molecule has 1 amide bonds. The van der Waals surface area contributed by atoms with E-state index in [0.717, 1.165) is 103 Å². The lowest BCUT2D eigenvalue weighted by Crippen LogP contribution is -2.46. The number of carbonyl (C=O) groups is 1. The van der Waals surface area contributed by atoms with Crippen LogP contribution in [0.4, 0.5) is 0 Å². The van der Waals surface area contributed by atoms with E-state index in [2.05, 4.69) is 104 Å². The number of nitrogens with one attached hydrogen (secondary N) is 1. The number of aliphatic hydroxyl groups excluding tert-OH is 1. The molecule has 9 heteroatoms. The van der Waals surface area contributed by atoms with E-state index < -0.39 is 20.0 Å². The summed E-state index contributed by atoms with van der Waals surface area (Å²) in [5.41, 5.74) is 0. The van der Waals surface area contributed by atoms with Crippen LogP contribution in [0.25, 0.3) is 0 Å². The van der Waals surface area contributed by atoms with Crippen LogP contribution in [0.2, 0.25) is 0 Å². The highest BCUT2D eigenvalue weighted by Gasteiger charge is 2.24. The fourth-order valence-electron chi connectivity index (χ4n) is 9.02. The van der Waals surface area contributed by atoms with E-state index >= 15 is 0 Å². The van der Waals surface area contributed by atoms with Crippen molar-refractivity contribution in [1.82, 2.24) is 5.32 Å². The van der Waals surface area contributed by atoms with Crippen molar-refractivity contribution in [3.05, 3.63) is 85.1 Å². The van der Waals surface area contributed by atoms with Gasteiger partial charge in [0.15, 0.2) is 0 Å². The van der Waals surface area contributed by atoms with E-state index in [9.17, 15) is 19.4 Å². The molecule has 0 aromatic heterocycles. The van der Waals surface area contributed by atoms with Crippen molar-refractivity contribution in [2.24, 2.45) is 0 Å². The van der Waals surface area contributed by atoms with Gasteiger partial charge in [0, 0.05) is 6.42 Å². The maximum atomic E-state index is 13.0. The van der Waals surface area contributed by atoms with Gasteiger partial charge in [0.05, 0.1) is 39.9 Å². The number of allylic oxidation sites excluding steroid dienone is 14. The number of hydrogen-bond donors (Lipinski definition) is 2. The van der Waals surface area contributed by atoms with Crippen LogP contribution in [0.1, 0.15) is 277 Å². The number of carbonyl (C=O) groups excluding carboxylic acids is 1. The number of quaternary nitrogens is 1. The van der Waals surface area contributed by atoms with Crippen LogP contribution in [0.3, 0.4) is 0 Å². The second-order valence-corrected chi connectivity index (χ2v) is 23.8. The number of unbranched alkanes of at least 4 members (excludes halogenated alkanes) is 30. The standard InChI is InChI=1S/C66H121N2O6P/c1-6-8-10-12-14-16-18-20-22-24-26-28-30-32-34-36-38-40-42-44-46-48-50-52-54-56-58-60-66(70)67-64(63-74-75(71,72)73-62-61-68(3,4)5)65(69)59-57-55-53-51-49-47-45-43-41-39-37-35-33-31-29-27-25-23-21-19-17-15-13-11-9-7-2/h8,10,14,16,20,22,26,28,32,34,38,40,44,46,64-65,69H,6-7,9,11-13,15,17-19,21,23-25,27,29-31,33,35-37,39,41-43,45,47-63H2,1-5H3,(H-,67,70,71,72)/b10-8-,16-14-,22-20-,28-26-,34-32-,40-38-,46-44-. The van der Waals surface area contributed by atoms with E-state index in [1.807, 2.05) is 21.1 Å². The second-order valence-electron chi connectivity index (χ2n) is 22.4. The van der Waals surface area contributed by atoms with Crippen LogP contribution in [0.5, 0.6) is 0 Å². The fraction of sp³-hybridized carbons (Fsp3) is 0.773. The van der Waals surface area contributed by atoms with Crippen molar-refractivity contribution in [3.63, 3.8) is 0 Å². The molecule has 0 heterocycles. The van der Waals surface area contributed by atoms with Gasteiger partial charge in [-0.25, -0.2) is 0 Å². The Morgan fingerprint density at radius 3 is 1.19 bits per heavy atom. The van der Waals surface area contributed by atoms with Crippen LogP contribution in [-0.2, 0) is 18.4 Å². The topological polar surface area (TPSA) is 108 Å². The van der Waals surface area contributed by atoms with Crippen molar-refractivity contribution in [3.8, 4) is 0 Å². The Morgan fingerprint density at radius 1 is 0.480 bits per heavy atom. The Morgan fingerprint density at radius 2 is 0.813 bits per heavy atom. The maximum Gasteiger partial charge on any atom is 0.268 e. The quantitative estimate of drug-likeness (QED) is 0.0272. The lowest BCUT2D eigenvalue weighted by Gasteiger charge is -2.30. The molecule has 0 radical (unpaired) electrons. The van der Waals surface area contributed by atoms with Gasteiger partial charge in [0.1, 0.15) is 13.2 Å². The molecule has 0 bridgehead atoms. The average molecular weight is 1070 g/mol. The Kier molecular flexibility index (Phi) is 54.7. The monoisotopic (exact) mass is 1070 g/mol. The van der Waals surface area contributed by atoms with Crippen LogP contribution in [-0.4, -0.2) is 68.5 Å². The van der Waals surface area contributed by atoms with Gasteiger partial charge in [-0.2, -0.15) is 0 Å². The number of rotatable bonds is 57. The molecular weight excluding hydrogens is 948 g/mol. The zero-order chi connectivity index (χ0) is 54.9. The summed E-state index contributed by atoms with van der Waals surface area (Å²) >= 11 is 0. The number of phosphoric ester groups is 1. The number of hydrogen-bond acceptors (Lipinski definition) is 6. The summed E-state index contributed by atoms with van der Waals surface area (Å²) in [7, 11) is 1.28. The first kappa shape index (κ1) is 72.7. The molecule has 0 aromatic carbocycles. The van der Waals surface area contributed by atoms with Crippen LogP contribution < -0.4 is 10.2 Å². The summed E-state index contributed by atoms with van der Waals surface area (Å²) in [5, 5.41) is 14.1. The van der Waals surface area contributed by atoms with Gasteiger partial charge >= 0.3 is 0 Å². The maximum absolute atomic E-state index is 13.0. The molecule has 8 nitrogen and oxygen atoms in total. The summed E-state index contributed by atoms with van der Waals surface area (Å²) in [6.07, 6.45) is 79.1. The van der Waals surface area contributed by atoms with Crippen molar-refractivity contribution < 1.29 is 32.9 Å². The van der Waals surface area contributed by atoms with Crippen molar-refractivity contribution >= 4 is 13.7 Å². The third kappa shape index (κ3) is 59.2. The van der Waals surface area contributed by atoms with E-state index in [-0.39, 0.29) is 19.1 Å². The van der Waals surface area contributed by atoms with E-state index in [0.29, 0.717) is 23.9 Å². The Balaban J connectivity index is 4.19. The molecule has 3 atom stereocenters. The molecule has 3 unspecified atom stereocenters. The molecule has 0 aromatic rings. The first-order chi connectivity index (χ1) is 36.5. The Hall–Kier alpha value is -2.32. The molecule has 75 heavy (non-hydrogen) atoms. The summed E-state index contributed by atoms with van der Waals surface area (Å²) in [5.74, 6) is -0.184. The molecule has 2 N–H and O–H groups in total. The van der Waals surface area contributed by atoms with Gasteiger partial charge in [-0.15, -0.1) is 0 Å². The predicted octanol–water partition coefficient (Wildman–Crippen LogP) is 19.0. The molecule has 0 fully saturated rings. The number of phosphoric acid groups is 1. The molecular formula is C66H121N2O6P. The predicted molar refractivity (Wildman–Crippen MR) is 325 cm³/mol. The fourth-order valence-corrected chi connectivity index (χ4v) is 9.75. The minimum atomic E-state index is -4.59. The van der Waals surface area contributed by atoms with E-state index in [1.54, 1.807) is 0 Å². The molecule has 0 saturated carbocycles. The molecule has 0 spiro atoms. The SMILES string of the molecule is CC/C=C\C/C=C\C/C=C\C/C=C\C/C=C\C/C=C\C/C=C\CCCCCCCC(=O)NC(COP(=O)([O-])OCC[N+](C)(C)C)C(O)CCCCCCCCCCCCCCCCCCCCCCCCCCCC. The smallest absolute Gasteiger partial charge is 0.268 e. The van der Waals surface area contributed by atoms with Gasteiger partial charge < -0.3 is 28.8 Å². The highest BCUT2D eigenvalue weighted by atomic mass is 31.2. The summed E-state index contributed by atoms with van der Waals surface area (Å²) in [6.45, 7) is 4.61. The first-order valence-corrected chi connectivity index (χ1v) is 32.9. The molecule has 0 aliphatic carbocycles. The highest BCUT2D eigenvalue weighted by Crippen LogP contribution is 2.38. The van der Waals surface area contributed by atoms with Crippen LogP contribution in [0, 0.1) is 0 Å². The zero-order valence-corrected chi connectivity index (χ0v) is 50.6. The Bertz CT molecular complexity index is 1500. The van der Waals surface area contributed by atoms with E-state index in [4.69, 9.17) is 9.05 Å². The molecule has 0 saturated heterocycles. The lowest BCUT2D eigenvalue weighted by atomic mass is 10.0. The third-order valence-electron chi connectivity index (χ3n) is 13.9. The summed E-state index contributed by atoms with van der Waals surface area (Å²) in [4.78, 5) is 25.6. The minimum absolute atomic E-state index is 0.00402. The van der Waals surface area contributed by atoms with Crippen molar-refractivity contribution in [2.75, 3.05) is 40.9 Å². The summed E-state index contributed by atoms with van der Waals surface area (Å²) in [6, 6.07) is -0.819. The van der Waals surface area contributed by atoms with Gasteiger partial charge in [-0.1, -0.05) is 285 Å². The second kappa shape index (κ2) is 56.4. The minimum Gasteiger partial charge on any atom is -0.756 e. The number of amides is 1. The number of nitrogens with zero attached hydrogens (tertiary/aromatic N) is 1. The Labute approximate surface area is 465 Å². The number of likely N-dealkylation sites (N-methyl/N-ethyl adjacent to an activating group) is 1. The largest absolute Gasteiger partial charge is 0.756 e. The van der Waals surface area contributed by atoms with E-state index in [1.165, 1.54) is 148 Å². The molecule has 0 aliphatic heterocycles. The molecule has 436 valence electrons. The molecule has 0 aliphatic rings. The van der Waals surface area contributed by atoms with Crippen LogP contribution >= 0.6 is 7.82 Å². The number of aliphatic hydroxyl groups is 1. The zero-order valence-electron chi connectivity index (χ0n) is 49.7. The van der Waals surface area contributed by atoms with Gasteiger partial charge in [-0.3, -0.25) is 9.36 Å². The van der Waals surface area contributed by atoms with Crippen molar-refractivity contribution in [2.45, 2.75) is 289 Å². The van der Waals surface area contributed by atoms with Gasteiger partial charge in [0.25, 0.3) is 7.82 Å². The lowest BCUT2D eigenvalue weighted by molar-refractivity contribution is -0.870. The normalized spacial score (nSPS) is 14.4. The highest BCUT2D eigenvalue weighted by molar-refractivity contribution is 7.45. The molecule has 0 rings (SSSR count). The first-order valence-electron chi connectivity index (χ1n) is 31.4. The van der Waals surface area contributed by atoms with Gasteiger partial charge in [-0.05, 0) is 70.6 Å². The van der Waals surface area contributed by atoms with Gasteiger partial charge in [0.2, 0.25) is 5.91 Å². The average Bonchev–Trinajstić information content (AvgIpc) is 3.37. The third-order valence-corrected chi connectivity index (χ3v) is 14.9. The van der Waals surface area contributed by atoms with Crippen molar-refractivity contribution in [1.29, 1.82) is 0 Å².